The molecule has 1 heterocycles. The molecule has 1 aromatic heterocycles. The summed E-state index contributed by atoms with van der Waals surface area (Å²) >= 11 is 0. The Balaban J connectivity index is 2.21. The first-order valence-electron chi connectivity index (χ1n) is 5.40. The van der Waals surface area contributed by atoms with Crippen LogP contribution in [-0.2, 0) is 13.6 Å². The van der Waals surface area contributed by atoms with Crippen molar-refractivity contribution in [1.82, 2.24) is 19.7 Å². The molecule has 1 rings (SSSR count). The van der Waals surface area contributed by atoms with Crippen molar-refractivity contribution in [3.63, 3.8) is 0 Å². The minimum Gasteiger partial charge on any atom is -0.315 e. The van der Waals surface area contributed by atoms with Gasteiger partial charge in [-0.25, -0.2) is 9.48 Å². The first-order valence-corrected chi connectivity index (χ1v) is 5.40. The second-order valence-electron chi connectivity index (χ2n) is 4.18. The van der Waals surface area contributed by atoms with Crippen LogP contribution in [0.25, 0.3) is 0 Å². The highest BCUT2D eigenvalue weighted by Crippen LogP contribution is 1.95. The summed E-state index contributed by atoms with van der Waals surface area (Å²) in [6, 6.07) is 0. The lowest BCUT2D eigenvalue weighted by Gasteiger charge is -2.06. The van der Waals surface area contributed by atoms with Crippen LogP contribution in [0.5, 0.6) is 0 Å². The maximum absolute atomic E-state index is 11.4. The van der Waals surface area contributed by atoms with Gasteiger partial charge in [0.05, 0.1) is 6.54 Å². The van der Waals surface area contributed by atoms with Crippen LogP contribution in [0.15, 0.2) is 11.1 Å². The van der Waals surface area contributed by atoms with Crippen molar-refractivity contribution in [3.05, 3.63) is 16.8 Å². The summed E-state index contributed by atoms with van der Waals surface area (Å²) < 4.78 is 2.95. The van der Waals surface area contributed by atoms with E-state index in [2.05, 4.69) is 24.3 Å². The lowest BCUT2D eigenvalue weighted by Crippen LogP contribution is -2.29. The van der Waals surface area contributed by atoms with Crippen molar-refractivity contribution in [1.29, 1.82) is 0 Å². The lowest BCUT2D eigenvalue weighted by atomic mass is 10.1. The summed E-state index contributed by atoms with van der Waals surface area (Å²) in [5.74, 6) is 0.718. The van der Waals surface area contributed by atoms with Crippen LogP contribution in [0.1, 0.15) is 20.3 Å². The van der Waals surface area contributed by atoms with E-state index in [9.17, 15) is 4.79 Å². The Morgan fingerprint density at radius 3 is 2.73 bits per heavy atom. The Kier molecular flexibility index (Phi) is 4.55. The van der Waals surface area contributed by atoms with Crippen LogP contribution < -0.4 is 11.0 Å². The van der Waals surface area contributed by atoms with Gasteiger partial charge in [-0.2, -0.15) is 5.10 Å². The minimum atomic E-state index is -0.0549. The summed E-state index contributed by atoms with van der Waals surface area (Å²) in [7, 11) is 1.71. The summed E-state index contributed by atoms with van der Waals surface area (Å²) in [6.45, 7) is 6.83. The van der Waals surface area contributed by atoms with Gasteiger partial charge in [0, 0.05) is 13.6 Å². The molecule has 0 amide bonds. The van der Waals surface area contributed by atoms with E-state index in [1.807, 2.05) is 0 Å². The monoisotopic (exact) mass is 212 g/mol. The molecule has 0 saturated carbocycles. The zero-order valence-electron chi connectivity index (χ0n) is 9.73. The van der Waals surface area contributed by atoms with Gasteiger partial charge in [-0.15, -0.1) is 0 Å². The van der Waals surface area contributed by atoms with Gasteiger partial charge in [0.1, 0.15) is 6.33 Å². The molecule has 1 N–H and O–H groups in total. The van der Waals surface area contributed by atoms with Gasteiger partial charge in [0.15, 0.2) is 0 Å². The molecular formula is C10H20N4O. The Labute approximate surface area is 90.1 Å². The molecule has 0 aliphatic heterocycles. The number of nitrogens with one attached hydrogen (secondary N) is 1. The van der Waals surface area contributed by atoms with Crippen molar-refractivity contribution in [2.75, 3.05) is 13.1 Å². The van der Waals surface area contributed by atoms with E-state index in [1.165, 1.54) is 15.6 Å². The van der Waals surface area contributed by atoms with Crippen molar-refractivity contribution < 1.29 is 0 Å². The number of aryl methyl sites for hydroxylation is 1. The summed E-state index contributed by atoms with van der Waals surface area (Å²) in [5.41, 5.74) is -0.0549. The van der Waals surface area contributed by atoms with Gasteiger partial charge in [0.2, 0.25) is 0 Å². The molecule has 0 unspecified atom stereocenters. The zero-order valence-corrected chi connectivity index (χ0v) is 9.73. The lowest BCUT2D eigenvalue weighted by molar-refractivity contribution is 0.497. The standard InChI is InChI=1S/C10H20N4O/c1-9(2)4-5-11-6-7-14-10(15)13(3)8-12-14/h8-9,11H,4-7H2,1-3H3. The number of rotatable bonds is 6. The Bertz CT molecular complexity index is 339. The van der Waals surface area contributed by atoms with Crippen molar-refractivity contribution in [2.45, 2.75) is 26.8 Å². The quantitative estimate of drug-likeness (QED) is 0.686. The van der Waals surface area contributed by atoms with Crippen LogP contribution in [-0.4, -0.2) is 27.4 Å². The van der Waals surface area contributed by atoms with Gasteiger partial charge in [-0.1, -0.05) is 13.8 Å². The van der Waals surface area contributed by atoms with Gasteiger partial charge >= 0.3 is 5.69 Å². The predicted molar refractivity (Wildman–Crippen MR) is 59.8 cm³/mol. The van der Waals surface area contributed by atoms with E-state index in [0.29, 0.717) is 6.54 Å². The van der Waals surface area contributed by atoms with E-state index in [0.717, 1.165) is 25.4 Å². The first-order chi connectivity index (χ1) is 7.11. The van der Waals surface area contributed by atoms with Crippen LogP contribution in [0, 0.1) is 5.92 Å². The third-order valence-corrected chi connectivity index (χ3v) is 2.29. The summed E-state index contributed by atoms with van der Waals surface area (Å²) in [4.78, 5) is 11.4. The topological polar surface area (TPSA) is 51.9 Å². The minimum absolute atomic E-state index is 0.0549. The van der Waals surface area contributed by atoms with Crippen molar-refractivity contribution in [3.8, 4) is 0 Å². The smallest absolute Gasteiger partial charge is 0.315 e. The molecule has 0 radical (unpaired) electrons. The summed E-state index contributed by atoms with van der Waals surface area (Å²) in [6.07, 6.45) is 2.70. The molecule has 0 saturated heterocycles. The van der Waals surface area contributed by atoms with E-state index < -0.39 is 0 Å². The van der Waals surface area contributed by atoms with Gasteiger partial charge in [-0.3, -0.25) is 4.57 Å². The Hall–Kier alpha value is -1.10. The fourth-order valence-corrected chi connectivity index (χ4v) is 1.27. The molecule has 0 aliphatic rings. The number of hydrogen-bond donors (Lipinski definition) is 1. The first kappa shape index (κ1) is 12.0. The zero-order chi connectivity index (χ0) is 11.3. The van der Waals surface area contributed by atoms with Crippen LogP contribution in [0.4, 0.5) is 0 Å². The molecule has 86 valence electrons. The highest BCUT2D eigenvalue weighted by Gasteiger charge is 2.00. The molecular weight excluding hydrogens is 192 g/mol. The molecule has 1 aromatic rings. The number of nitrogens with zero attached hydrogens (tertiary/aromatic N) is 3. The molecule has 0 fully saturated rings. The van der Waals surface area contributed by atoms with Gasteiger partial charge in [0.25, 0.3) is 0 Å². The Morgan fingerprint density at radius 1 is 1.47 bits per heavy atom. The highest BCUT2D eigenvalue weighted by molar-refractivity contribution is 4.65. The average Bonchev–Trinajstić information content (AvgIpc) is 2.48. The SMILES string of the molecule is CC(C)CCNCCn1ncn(C)c1=O. The van der Waals surface area contributed by atoms with Gasteiger partial charge < -0.3 is 5.32 Å². The van der Waals surface area contributed by atoms with E-state index in [-0.39, 0.29) is 5.69 Å². The second-order valence-corrected chi connectivity index (χ2v) is 4.18. The highest BCUT2D eigenvalue weighted by atomic mass is 16.2. The Morgan fingerprint density at radius 2 is 2.20 bits per heavy atom. The van der Waals surface area contributed by atoms with E-state index in [4.69, 9.17) is 0 Å². The number of hydrogen-bond acceptors (Lipinski definition) is 3. The molecule has 0 aromatic carbocycles. The molecule has 0 spiro atoms. The van der Waals surface area contributed by atoms with E-state index in [1.54, 1.807) is 7.05 Å². The maximum Gasteiger partial charge on any atom is 0.345 e. The third kappa shape index (κ3) is 3.87. The average molecular weight is 212 g/mol. The van der Waals surface area contributed by atoms with Crippen molar-refractivity contribution >= 4 is 0 Å². The molecule has 15 heavy (non-hydrogen) atoms. The third-order valence-electron chi connectivity index (χ3n) is 2.29. The molecule has 5 nitrogen and oxygen atoms in total. The maximum atomic E-state index is 11.4. The van der Waals surface area contributed by atoms with Crippen LogP contribution in [0.2, 0.25) is 0 Å². The van der Waals surface area contributed by atoms with Crippen LogP contribution in [0.3, 0.4) is 0 Å². The normalized spacial score (nSPS) is 11.2. The molecule has 5 heteroatoms. The van der Waals surface area contributed by atoms with Crippen molar-refractivity contribution in [2.24, 2.45) is 13.0 Å². The molecule has 0 atom stereocenters. The van der Waals surface area contributed by atoms with Crippen LogP contribution >= 0.6 is 0 Å². The predicted octanol–water partition coefficient (Wildman–Crippen LogP) is 0.218. The largest absolute Gasteiger partial charge is 0.345 e. The summed E-state index contributed by atoms with van der Waals surface area (Å²) in [5, 5.41) is 7.27. The molecule has 0 bridgehead atoms. The number of aromatic nitrogens is 3. The fraction of sp³-hybridized carbons (Fsp3) is 0.800. The van der Waals surface area contributed by atoms with E-state index >= 15 is 0 Å². The van der Waals surface area contributed by atoms with Gasteiger partial charge in [-0.05, 0) is 18.9 Å². The second kappa shape index (κ2) is 5.70. The molecule has 0 aliphatic carbocycles. The fourth-order valence-electron chi connectivity index (χ4n) is 1.27.